The van der Waals surface area contributed by atoms with Gasteiger partial charge in [-0.2, -0.15) is 0 Å². The van der Waals surface area contributed by atoms with Crippen molar-refractivity contribution in [3.63, 3.8) is 0 Å². The largest absolute Gasteiger partial charge is 0.352 e. The molecule has 3 heteroatoms. The second-order valence-electron chi connectivity index (χ2n) is 5.16. The number of alkyl halides is 1. The first-order valence-electron chi connectivity index (χ1n) is 7.14. The van der Waals surface area contributed by atoms with E-state index in [1.54, 1.807) is 0 Å². The minimum Gasteiger partial charge on any atom is -0.352 e. The number of rotatable bonds is 6. The molecule has 21 heavy (non-hydrogen) atoms. The van der Waals surface area contributed by atoms with E-state index in [1.807, 2.05) is 36.4 Å². The molecule has 0 aliphatic heterocycles. The zero-order valence-electron chi connectivity index (χ0n) is 12.2. The maximum atomic E-state index is 11.9. The van der Waals surface area contributed by atoms with Gasteiger partial charge in [0, 0.05) is 18.8 Å². The molecule has 0 aliphatic carbocycles. The van der Waals surface area contributed by atoms with Gasteiger partial charge in [-0.3, -0.25) is 4.79 Å². The number of benzene rings is 2. The topological polar surface area (TPSA) is 29.1 Å². The van der Waals surface area contributed by atoms with Crippen molar-refractivity contribution < 1.29 is 4.79 Å². The molecular formula is C18H20ClNO. The number of carbonyl (C=O) groups is 1. The predicted octanol–water partition coefficient (Wildman–Crippen LogP) is 3.98. The number of aryl methyl sites for hydroxylation is 2. The fourth-order valence-electron chi connectivity index (χ4n) is 2.25. The minimum atomic E-state index is 0.0783. The maximum Gasteiger partial charge on any atom is 0.220 e. The van der Waals surface area contributed by atoms with E-state index in [-0.39, 0.29) is 5.91 Å². The van der Waals surface area contributed by atoms with Gasteiger partial charge in [-0.15, -0.1) is 11.6 Å². The molecule has 0 aromatic heterocycles. The smallest absolute Gasteiger partial charge is 0.220 e. The number of amides is 1. The van der Waals surface area contributed by atoms with Gasteiger partial charge in [-0.05, 0) is 35.6 Å². The van der Waals surface area contributed by atoms with Crippen LogP contribution in [-0.4, -0.2) is 5.91 Å². The van der Waals surface area contributed by atoms with Gasteiger partial charge in [0.2, 0.25) is 5.91 Å². The molecule has 2 aromatic carbocycles. The van der Waals surface area contributed by atoms with Gasteiger partial charge in [-0.1, -0.05) is 48.5 Å². The molecule has 0 saturated carbocycles. The number of nitrogens with one attached hydrogen (secondary N) is 1. The molecule has 0 unspecified atom stereocenters. The Morgan fingerprint density at radius 2 is 1.86 bits per heavy atom. The van der Waals surface area contributed by atoms with Crippen LogP contribution in [-0.2, 0) is 23.6 Å². The van der Waals surface area contributed by atoms with Crippen molar-refractivity contribution >= 4 is 17.5 Å². The fraction of sp³-hybridized carbons (Fsp3) is 0.278. The second kappa shape index (κ2) is 7.84. The summed E-state index contributed by atoms with van der Waals surface area (Å²) in [5.74, 6) is 0.573. The first kappa shape index (κ1) is 15.6. The highest BCUT2D eigenvalue weighted by Crippen LogP contribution is 2.10. The molecule has 0 spiro atoms. The van der Waals surface area contributed by atoms with Crippen molar-refractivity contribution in [1.29, 1.82) is 0 Å². The molecule has 1 N–H and O–H groups in total. The van der Waals surface area contributed by atoms with E-state index in [9.17, 15) is 4.79 Å². The van der Waals surface area contributed by atoms with E-state index in [0.29, 0.717) is 18.8 Å². The molecule has 2 nitrogen and oxygen atoms in total. The maximum absolute atomic E-state index is 11.9. The van der Waals surface area contributed by atoms with E-state index < -0.39 is 0 Å². The van der Waals surface area contributed by atoms with Crippen LogP contribution in [0.5, 0.6) is 0 Å². The zero-order valence-corrected chi connectivity index (χ0v) is 13.0. The third-order valence-electron chi connectivity index (χ3n) is 3.52. The molecule has 0 atom stereocenters. The first-order valence-corrected chi connectivity index (χ1v) is 7.67. The predicted molar refractivity (Wildman–Crippen MR) is 87.3 cm³/mol. The number of carbonyl (C=O) groups excluding carboxylic acids is 1. The van der Waals surface area contributed by atoms with Crippen LogP contribution in [0.25, 0.3) is 0 Å². The molecule has 0 fully saturated rings. The van der Waals surface area contributed by atoms with E-state index in [1.165, 1.54) is 11.1 Å². The third kappa shape index (κ3) is 4.91. The van der Waals surface area contributed by atoms with Gasteiger partial charge in [0.1, 0.15) is 0 Å². The molecule has 0 heterocycles. The Morgan fingerprint density at radius 1 is 1.10 bits per heavy atom. The van der Waals surface area contributed by atoms with Gasteiger partial charge < -0.3 is 5.32 Å². The third-order valence-corrected chi connectivity index (χ3v) is 3.83. The van der Waals surface area contributed by atoms with Gasteiger partial charge >= 0.3 is 0 Å². The molecule has 0 saturated heterocycles. The Hall–Kier alpha value is -1.80. The molecule has 110 valence electrons. The Labute approximate surface area is 131 Å². The Morgan fingerprint density at radius 3 is 2.62 bits per heavy atom. The van der Waals surface area contributed by atoms with Gasteiger partial charge in [0.25, 0.3) is 0 Å². The van der Waals surface area contributed by atoms with Crippen LogP contribution in [0.15, 0.2) is 48.5 Å². The average molecular weight is 302 g/mol. The molecule has 0 radical (unpaired) electrons. The van der Waals surface area contributed by atoms with Gasteiger partial charge in [-0.25, -0.2) is 0 Å². The van der Waals surface area contributed by atoms with E-state index in [4.69, 9.17) is 11.6 Å². The zero-order chi connectivity index (χ0) is 15.1. The van der Waals surface area contributed by atoms with Crippen molar-refractivity contribution in [3.05, 3.63) is 70.8 Å². The Bertz CT molecular complexity index is 610. The highest BCUT2D eigenvalue weighted by atomic mass is 35.5. The molecule has 1 amide bonds. The van der Waals surface area contributed by atoms with Crippen LogP contribution < -0.4 is 5.32 Å². The quantitative estimate of drug-likeness (QED) is 0.803. The lowest BCUT2D eigenvalue weighted by molar-refractivity contribution is -0.121. The standard InChI is InChI=1S/C18H20ClNO/c1-14-5-2-3-8-17(14)9-10-18(21)20-13-16-7-4-6-15(11-16)12-19/h2-8,11H,9-10,12-13H2,1H3,(H,20,21). The first-order chi connectivity index (χ1) is 10.2. The van der Waals surface area contributed by atoms with Gasteiger partial charge in [0.05, 0.1) is 0 Å². The SMILES string of the molecule is Cc1ccccc1CCC(=O)NCc1cccc(CCl)c1. The normalized spacial score (nSPS) is 10.4. The number of halogens is 1. The molecule has 0 bridgehead atoms. The average Bonchev–Trinajstić information content (AvgIpc) is 2.52. The van der Waals surface area contributed by atoms with Crippen LogP contribution >= 0.6 is 11.6 Å². The van der Waals surface area contributed by atoms with Crippen LogP contribution in [0, 0.1) is 6.92 Å². The van der Waals surface area contributed by atoms with Crippen molar-refractivity contribution in [2.45, 2.75) is 32.2 Å². The van der Waals surface area contributed by atoms with Crippen LogP contribution in [0.2, 0.25) is 0 Å². The lowest BCUT2D eigenvalue weighted by Gasteiger charge is -2.08. The van der Waals surface area contributed by atoms with Crippen molar-refractivity contribution in [2.24, 2.45) is 0 Å². The van der Waals surface area contributed by atoms with Crippen molar-refractivity contribution in [3.8, 4) is 0 Å². The summed E-state index contributed by atoms with van der Waals surface area (Å²) in [4.78, 5) is 11.9. The summed E-state index contributed by atoms with van der Waals surface area (Å²) in [7, 11) is 0. The number of hydrogen-bond acceptors (Lipinski definition) is 1. The lowest BCUT2D eigenvalue weighted by atomic mass is 10.0. The fourth-order valence-corrected chi connectivity index (χ4v) is 2.42. The molecular weight excluding hydrogens is 282 g/mol. The Kier molecular flexibility index (Phi) is 5.82. The summed E-state index contributed by atoms with van der Waals surface area (Å²) in [6.07, 6.45) is 1.29. The monoisotopic (exact) mass is 301 g/mol. The number of hydrogen-bond donors (Lipinski definition) is 1. The summed E-state index contributed by atoms with van der Waals surface area (Å²) in [6, 6.07) is 16.1. The van der Waals surface area contributed by atoms with Crippen molar-refractivity contribution in [1.82, 2.24) is 5.32 Å². The summed E-state index contributed by atoms with van der Waals surface area (Å²) in [5, 5.41) is 2.96. The second-order valence-corrected chi connectivity index (χ2v) is 5.42. The van der Waals surface area contributed by atoms with E-state index in [0.717, 1.165) is 17.5 Å². The van der Waals surface area contributed by atoms with Crippen molar-refractivity contribution in [2.75, 3.05) is 0 Å². The Balaban J connectivity index is 1.81. The van der Waals surface area contributed by atoms with E-state index in [2.05, 4.69) is 24.4 Å². The summed E-state index contributed by atoms with van der Waals surface area (Å²) >= 11 is 5.81. The van der Waals surface area contributed by atoms with Crippen LogP contribution in [0.1, 0.15) is 28.7 Å². The van der Waals surface area contributed by atoms with Gasteiger partial charge in [0.15, 0.2) is 0 Å². The lowest BCUT2D eigenvalue weighted by Crippen LogP contribution is -2.23. The van der Waals surface area contributed by atoms with Crippen LogP contribution in [0.3, 0.4) is 0 Å². The van der Waals surface area contributed by atoms with E-state index >= 15 is 0 Å². The summed E-state index contributed by atoms with van der Waals surface area (Å²) < 4.78 is 0. The highest BCUT2D eigenvalue weighted by molar-refractivity contribution is 6.17. The summed E-state index contributed by atoms with van der Waals surface area (Å²) in [6.45, 7) is 2.63. The highest BCUT2D eigenvalue weighted by Gasteiger charge is 2.04. The minimum absolute atomic E-state index is 0.0783. The molecule has 0 aliphatic rings. The summed E-state index contributed by atoms with van der Waals surface area (Å²) in [5.41, 5.74) is 4.62. The molecule has 2 aromatic rings. The van der Waals surface area contributed by atoms with Crippen LogP contribution in [0.4, 0.5) is 0 Å². The molecule has 2 rings (SSSR count).